The maximum atomic E-state index is 11.0. The molecule has 0 aliphatic heterocycles. The van der Waals surface area contributed by atoms with Gasteiger partial charge in [-0.1, -0.05) is 12.2 Å². The minimum Gasteiger partial charge on any atom is -0.392 e. The molecule has 0 heterocycles. The highest BCUT2D eigenvalue weighted by Gasteiger charge is 2.12. The van der Waals surface area contributed by atoms with Gasteiger partial charge < -0.3 is 5.73 Å². The van der Waals surface area contributed by atoms with E-state index in [0.29, 0.717) is 18.1 Å². The van der Waals surface area contributed by atoms with Gasteiger partial charge in [0.15, 0.2) is 0 Å². The lowest BCUT2D eigenvalue weighted by atomic mass is 10.3. The quantitative estimate of drug-likeness (QED) is 0.661. The van der Waals surface area contributed by atoms with Crippen LogP contribution in [-0.4, -0.2) is 49.4 Å². The second-order valence-electron chi connectivity index (χ2n) is 3.66. The smallest absolute Gasteiger partial charge is 0.148 e. The molecule has 4 nitrogen and oxygen atoms in total. The molecule has 0 saturated heterocycles. The number of rotatable bonds is 6. The molecular formula is C8H18N2O2S2. The summed E-state index contributed by atoms with van der Waals surface area (Å²) in [5.41, 5.74) is 5.41. The Hall–Kier alpha value is -0.200. The Bertz CT molecular complexity index is 286. The van der Waals surface area contributed by atoms with Crippen molar-refractivity contribution in [1.82, 2.24) is 4.90 Å². The van der Waals surface area contributed by atoms with Gasteiger partial charge in [-0.15, -0.1) is 0 Å². The van der Waals surface area contributed by atoms with Gasteiger partial charge in [-0.2, -0.15) is 0 Å². The summed E-state index contributed by atoms with van der Waals surface area (Å²) in [7, 11) is -2.91. The maximum Gasteiger partial charge on any atom is 0.148 e. The van der Waals surface area contributed by atoms with Gasteiger partial charge in [-0.05, 0) is 13.8 Å². The lowest BCUT2D eigenvalue weighted by Crippen LogP contribution is -2.40. The largest absolute Gasteiger partial charge is 0.392 e. The van der Waals surface area contributed by atoms with E-state index in [1.165, 1.54) is 6.26 Å². The topological polar surface area (TPSA) is 63.4 Å². The summed E-state index contributed by atoms with van der Waals surface area (Å²) in [4.78, 5) is 2.34. The standard InChI is InChI=1S/C8H18N2O2S2/c1-7(2)10(6-8(9)13)4-5-14(3,11)12/h7H,4-6H2,1-3H3,(H2,9,13). The van der Waals surface area contributed by atoms with Gasteiger partial charge >= 0.3 is 0 Å². The average Bonchev–Trinajstić information content (AvgIpc) is 1.94. The third-order valence-electron chi connectivity index (χ3n) is 1.84. The molecule has 0 aromatic heterocycles. The van der Waals surface area contributed by atoms with Crippen molar-refractivity contribution in [3.05, 3.63) is 0 Å². The molecule has 0 aromatic carbocycles. The van der Waals surface area contributed by atoms with Crippen molar-refractivity contribution in [3.63, 3.8) is 0 Å². The molecule has 14 heavy (non-hydrogen) atoms. The third kappa shape index (κ3) is 7.23. The Balaban J connectivity index is 4.18. The van der Waals surface area contributed by atoms with Crippen molar-refractivity contribution in [2.24, 2.45) is 5.73 Å². The molecule has 0 aliphatic carbocycles. The number of nitrogens with zero attached hydrogens (tertiary/aromatic N) is 1. The molecule has 6 heteroatoms. The summed E-state index contributed by atoms with van der Waals surface area (Å²) in [5.74, 6) is 0.147. The first-order chi connectivity index (χ1) is 6.22. The van der Waals surface area contributed by atoms with Crippen LogP contribution in [0.25, 0.3) is 0 Å². The molecule has 0 bridgehead atoms. The minimum atomic E-state index is -2.91. The lowest BCUT2D eigenvalue weighted by Gasteiger charge is -2.25. The van der Waals surface area contributed by atoms with Crippen molar-refractivity contribution in [1.29, 1.82) is 0 Å². The van der Waals surface area contributed by atoms with Crippen LogP contribution in [0.15, 0.2) is 0 Å². The van der Waals surface area contributed by atoms with Crippen LogP contribution in [-0.2, 0) is 9.84 Å². The van der Waals surface area contributed by atoms with E-state index in [4.69, 9.17) is 18.0 Å². The second kappa shape index (κ2) is 5.63. The Kier molecular flexibility index (Phi) is 5.54. The van der Waals surface area contributed by atoms with Gasteiger partial charge in [0.1, 0.15) is 9.84 Å². The molecule has 84 valence electrons. The fourth-order valence-electron chi connectivity index (χ4n) is 1.00. The highest BCUT2D eigenvalue weighted by Crippen LogP contribution is 1.98. The predicted molar refractivity (Wildman–Crippen MR) is 63.2 cm³/mol. The zero-order valence-electron chi connectivity index (χ0n) is 8.86. The molecule has 0 fully saturated rings. The van der Waals surface area contributed by atoms with Crippen LogP contribution in [0.2, 0.25) is 0 Å². The van der Waals surface area contributed by atoms with Crippen LogP contribution >= 0.6 is 12.2 Å². The normalized spacial score (nSPS) is 12.4. The number of sulfone groups is 1. The van der Waals surface area contributed by atoms with Crippen molar-refractivity contribution in [2.75, 3.05) is 25.1 Å². The summed E-state index contributed by atoms with van der Waals surface area (Å²) < 4.78 is 21.9. The van der Waals surface area contributed by atoms with E-state index >= 15 is 0 Å². The van der Waals surface area contributed by atoms with Crippen LogP contribution in [0, 0.1) is 0 Å². The second-order valence-corrected chi connectivity index (χ2v) is 6.44. The maximum absolute atomic E-state index is 11.0. The molecule has 0 rings (SSSR count). The highest BCUT2D eigenvalue weighted by atomic mass is 32.2. The number of nitrogens with two attached hydrogens (primary N) is 1. The Labute approximate surface area is 91.4 Å². The zero-order valence-corrected chi connectivity index (χ0v) is 10.5. The van der Waals surface area contributed by atoms with E-state index in [1.54, 1.807) is 0 Å². The Morgan fingerprint density at radius 1 is 1.50 bits per heavy atom. The summed E-state index contributed by atoms with van der Waals surface area (Å²) in [5, 5.41) is 0. The fourth-order valence-corrected chi connectivity index (χ4v) is 1.74. The van der Waals surface area contributed by atoms with Crippen LogP contribution in [0.5, 0.6) is 0 Å². The molecule has 2 N–H and O–H groups in total. The first-order valence-electron chi connectivity index (χ1n) is 4.42. The predicted octanol–water partition coefficient (Wildman–Crippen LogP) is 0.0275. The van der Waals surface area contributed by atoms with Crippen molar-refractivity contribution in [2.45, 2.75) is 19.9 Å². The van der Waals surface area contributed by atoms with Gasteiger partial charge in [-0.3, -0.25) is 4.90 Å². The van der Waals surface area contributed by atoms with Gasteiger partial charge in [0.2, 0.25) is 0 Å². The van der Waals surface area contributed by atoms with E-state index in [0.717, 1.165) is 0 Å². The molecular weight excluding hydrogens is 220 g/mol. The van der Waals surface area contributed by atoms with E-state index in [9.17, 15) is 8.42 Å². The molecule has 0 aromatic rings. The van der Waals surface area contributed by atoms with Crippen LogP contribution < -0.4 is 5.73 Å². The first-order valence-corrected chi connectivity index (χ1v) is 6.89. The molecule has 0 aliphatic rings. The SMILES string of the molecule is CC(C)N(CCS(C)(=O)=O)CC(N)=S. The van der Waals surface area contributed by atoms with E-state index < -0.39 is 9.84 Å². The summed E-state index contributed by atoms with van der Waals surface area (Å²) in [6, 6.07) is 0.248. The summed E-state index contributed by atoms with van der Waals surface area (Å²) in [6.07, 6.45) is 1.23. The highest BCUT2D eigenvalue weighted by molar-refractivity contribution is 7.90. The number of hydrogen-bond donors (Lipinski definition) is 1. The Morgan fingerprint density at radius 2 is 2.00 bits per heavy atom. The number of hydrogen-bond acceptors (Lipinski definition) is 4. The molecule has 0 amide bonds. The van der Waals surface area contributed by atoms with Crippen LogP contribution in [0.1, 0.15) is 13.8 Å². The van der Waals surface area contributed by atoms with Gasteiger partial charge in [-0.25, -0.2) is 8.42 Å². The van der Waals surface area contributed by atoms with Crippen LogP contribution in [0.3, 0.4) is 0 Å². The first kappa shape index (κ1) is 13.8. The van der Waals surface area contributed by atoms with Gasteiger partial charge in [0.05, 0.1) is 10.7 Å². The molecule has 0 radical (unpaired) electrons. The van der Waals surface area contributed by atoms with E-state index in [2.05, 4.69) is 0 Å². The zero-order chi connectivity index (χ0) is 11.4. The van der Waals surface area contributed by atoms with Crippen molar-refractivity contribution < 1.29 is 8.42 Å². The van der Waals surface area contributed by atoms with Crippen LogP contribution in [0.4, 0.5) is 0 Å². The van der Waals surface area contributed by atoms with E-state index in [-0.39, 0.29) is 11.8 Å². The average molecular weight is 238 g/mol. The van der Waals surface area contributed by atoms with Crippen molar-refractivity contribution >= 4 is 27.0 Å². The third-order valence-corrected chi connectivity index (χ3v) is 2.89. The van der Waals surface area contributed by atoms with Crippen molar-refractivity contribution in [3.8, 4) is 0 Å². The molecule has 0 unspecified atom stereocenters. The monoisotopic (exact) mass is 238 g/mol. The summed E-state index contributed by atoms with van der Waals surface area (Å²) >= 11 is 4.79. The van der Waals surface area contributed by atoms with Gasteiger partial charge in [0, 0.05) is 25.4 Å². The fraction of sp³-hybridized carbons (Fsp3) is 0.875. The molecule has 0 spiro atoms. The molecule has 0 saturated carbocycles. The Morgan fingerprint density at radius 3 is 2.29 bits per heavy atom. The minimum absolute atomic E-state index is 0.147. The summed E-state index contributed by atoms with van der Waals surface area (Å²) in [6.45, 7) is 4.93. The lowest BCUT2D eigenvalue weighted by molar-refractivity contribution is 0.269. The molecule has 0 atom stereocenters. The van der Waals surface area contributed by atoms with Gasteiger partial charge in [0.25, 0.3) is 0 Å². The van der Waals surface area contributed by atoms with E-state index in [1.807, 2.05) is 18.7 Å². The number of thiocarbonyl (C=S) groups is 1.